The van der Waals surface area contributed by atoms with Crippen molar-refractivity contribution >= 4 is 11.4 Å². The summed E-state index contributed by atoms with van der Waals surface area (Å²) >= 11 is 0. The number of hydrogen-bond donors (Lipinski definition) is 1. The van der Waals surface area contributed by atoms with Crippen LogP contribution in [0.15, 0.2) is 24.3 Å². The lowest BCUT2D eigenvalue weighted by atomic mass is 10.1. The first-order valence-electron chi connectivity index (χ1n) is 7.05. The molecule has 0 amide bonds. The van der Waals surface area contributed by atoms with Gasteiger partial charge < -0.3 is 15.4 Å². The van der Waals surface area contributed by atoms with Crippen LogP contribution in [0.3, 0.4) is 0 Å². The van der Waals surface area contributed by atoms with Crippen molar-refractivity contribution in [1.29, 1.82) is 0 Å². The highest BCUT2D eigenvalue weighted by molar-refractivity contribution is 5.67. The first-order valence-corrected chi connectivity index (χ1v) is 7.05. The van der Waals surface area contributed by atoms with Crippen LogP contribution >= 0.6 is 0 Å². The fourth-order valence-electron chi connectivity index (χ4n) is 2.65. The van der Waals surface area contributed by atoms with Gasteiger partial charge in [0.05, 0.1) is 11.4 Å². The average Bonchev–Trinajstić information content (AvgIpc) is 2.45. The maximum atomic E-state index is 6.04. The minimum absolute atomic E-state index is 0.593. The summed E-state index contributed by atoms with van der Waals surface area (Å²) < 4.78 is 5.16. The van der Waals surface area contributed by atoms with E-state index < -0.39 is 0 Å². The molecule has 1 saturated heterocycles. The zero-order valence-electron chi connectivity index (χ0n) is 12.0. The van der Waals surface area contributed by atoms with Gasteiger partial charge in [0, 0.05) is 45.9 Å². The van der Waals surface area contributed by atoms with Gasteiger partial charge in [0.2, 0.25) is 0 Å². The molecule has 0 spiro atoms. The Kier molecular flexibility index (Phi) is 5.05. The van der Waals surface area contributed by atoms with E-state index in [1.807, 2.05) is 12.1 Å². The Morgan fingerprint density at radius 2 is 1.89 bits per heavy atom. The minimum Gasteiger partial charge on any atom is -0.397 e. The zero-order chi connectivity index (χ0) is 13.7. The van der Waals surface area contributed by atoms with Gasteiger partial charge in [-0.2, -0.15) is 0 Å². The molecule has 1 unspecified atom stereocenters. The molecule has 4 nitrogen and oxygen atoms in total. The summed E-state index contributed by atoms with van der Waals surface area (Å²) in [6, 6.07) is 8.72. The van der Waals surface area contributed by atoms with Crippen LogP contribution in [0.25, 0.3) is 0 Å². The molecule has 19 heavy (non-hydrogen) atoms. The van der Waals surface area contributed by atoms with Crippen molar-refractivity contribution < 1.29 is 4.74 Å². The normalized spacial score (nSPS) is 18.5. The maximum Gasteiger partial charge on any atom is 0.0600 e. The van der Waals surface area contributed by atoms with Gasteiger partial charge in [-0.05, 0) is 25.5 Å². The molecule has 0 aliphatic carbocycles. The number of rotatable bonds is 5. The lowest BCUT2D eigenvalue weighted by molar-refractivity contribution is 0.133. The van der Waals surface area contributed by atoms with Crippen LogP contribution in [-0.4, -0.2) is 50.8 Å². The number of nitrogen functional groups attached to an aromatic ring is 1. The van der Waals surface area contributed by atoms with Crippen molar-refractivity contribution in [2.24, 2.45) is 0 Å². The molecule has 1 heterocycles. The van der Waals surface area contributed by atoms with Gasteiger partial charge in [-0.15, -0.1) is 0 Å². The van der Waals surface area contributed by atoms with Crippen molar-refractivity contribution in [3.63, 3.8) is 0 Å². The predicted molar refractivity (Wildman–Crippen MR) is 80.6 cm³/mol. The fourth-order valence-corrected chi connectivity index (χ4v) is 2.65. The van der Waals surface area contributed by atoms with E-state index in [1.165, 1.54) is 5.69 Å². The Morgan fingerprint density at radius 1 is 1.21 bits per heavy atom. The van der Waals surface area contributed by atoms with Gasteiger partial charge in [-0.1, -0.05) is 12.1 Å². The van der Waals surface area contributed by atoms with Gasteiger partial charge in [0.15, 0.2) is 0 Å². The van der Waals surface area contributed by atoms with E-state index >= 15 is 0 Å². The molecule has 1 aliphatic rings. The predicted octanol–water partition coefficient (Wildman–Crippen LogP) is 1.82. The second kappa shape index (κ2) is 6.78. The number of anilines is 2. The van der Waals surface area contributed by atoms with E-state index in [0.29, 0.717) is 6.04 Å². The summed E-state index contributed by atoms with van der Waals surface area (Å²) in [6.07, 6.45) is 1.10. The van der Waals surface area contributed by atoms with Crippen LogP contribution in [0.1, 0.15) is 13.3 Å². The summed E-state index contributed by atoms with van der Waals surface area (Å²) in [5.74, 6) is 0. The second-order valence-electron chi connectivity index (χ2n) is 5.21. The number of methoxy groups -OCH3 is 1. The minimum atomic E-state index is 0.593. The van der Waals surface area contributed by atoms with Gasteiger partial charge in [0.25, 0.3) is 0 Å². The number of piperazine rings is 1. The molecular weight excluding hydrogens is 238 g/mol. The Balaban J connectivity index is 1.87. The Morgan fingerprint density at radius 3 is 2.53 bits per heavy atom. The lowest BCUT2D eigenvalue weighted by Crippen LogP contribution is -2.50. The molecule has 1 atom stereocenters. The van der Waals surface area contributed by atoms with Crippen molar-refractivity contribution in [3.05, 3.63) is 24.3 Å². The topological polar surface area (TPSA) is 41.7 Å². The van der Waals surface area contributed by atoms with Crippen LogP contribution < -0.4 is 10.6 Å². The fraction of sp³-hybridized carbons (Fsp3) is 0.600. The molecule has 0 saturated carbocycles. The van der Waals surface area contributed by atoms with E-state index in [2.05, 4.69) is 28.9 Å². The van der Waals surface area contributed by atoms with Gasteiger partial charge in [0.1, 0.15) is 0 Å². The molecule has 106 valence electrons. The smallest absolute Gasteiger partial charge is 0.0600 e. The lowest BCUT2D eigenvalue weighted by Gasteiger charge is -2.39. The van der Waals surface area contributed by atoms with Crippen LogP contribution in [0.5, 0.6) is 0 Å². The molecule has 4 heteroatoms. The van der Waals surface area contributed by atoms with E-state index in [4.69, 9.17) is 10.5 Å². The highest BCUT2D eigenvalue weighted by Gasteiger charge is 2.21. The number of para-hydroxylation sites is 2. The Bertz CT molecular complexity index is 389. The number of ether oxygens (including phenoxy) is 1. The number of nitrogens with zero attached hydrogens (tertiary/aromatic N) is 2. The molecule has 2 rings (SSSR count). The van der Waals surface area contributed by atoms with Crippen molar-refractivity contribution in [2.75, 3.05) is 50.5 Å². The van der Waals surface area contributed by atoms with Crippen LogP contribution in [-0.2, 0) is 4.74 Å². The van der Waals surface area contributed by atoms with E-state index in [0.717, 1.165) is 44.9 Å². The molecule has 0 radical (unpaired) electrons. The SMILES string of the molecule is COCCC(C)N1CCN(c2ccccc2N)CC1. The Labute approximate surface area is 116 Å². The summed E-state index contributed by atoms with van der Waals surface area (Å²) in [7, 11) is 1.77. The first kappa shape index (κ1) is 14.2. The summed E-state index contributed by atoms with van der Waals surface area (Å²) in [5.41, 5.74) is 8.09. The summed E-state index contributed by atoms with van der Waals surface area (Å²) in [4.78, 5) is 4.92. The maximum absolute atomic E-state index is 6.04. The molecule has 0 bridgehead atoms. The van der Waals surface area contributed by atoms with Gasteiger partial charge in [-0.25, -0.2) is 0 Å². The summed E-state index contributed by atoms with van der Waals surface area (Å²) in [6.45, 7) is 7.41. The second-order valence-corrected chi connectivity index (χ2v) is 5.21. The zero-order valence-corrected chi connectivity index (χ0v) is 12.0. The largest absolute Gasteiger partial charge is 0.397 e. The molecule has 2 N–H and O–H groups in total. The molecule has 1 fully saturated rings. The third-order valence-corrected chi connectivity index (χ3v) is 3.95. The molecular formula is C15H25N3O. The van der Waals surface area contributed by atoms with E-state index in [-0.39, 0.29) is 0 Å². The highest BCUT2D eigenvalue weighted by Crippen LogP contribution is 2.24. The van der Waals surface area contributed by atoms with Crippen LogP contribution in [0, 0.1) is 0 Å². The Hall–Kier alpha value is -1.26. The van der Waals surface area contributed by atoms with Crippen molar-refractivity contribution in [2.45, 2.75) is 19.4 Å². The average molecular weight is 263 g/mol. The number of nitrogens with two attached hydrogens (primary N) is 1. The van der Waals surface area contributed by atoms with Crippen LogP contribution in [0.4, 0.5) is 11.4 Å². The number of benzene rings is 1. The monoisotopic (exact) mass is 263 g/mol. The molecule has 1 aromatic rings. The quantitative estimate of drug-likeness (QED) is 0.823. The summed E-state index contributed by atoms with van der Waals surface area (Å²) in [5, 5.41) is 0. The van der Waals surface area contributed by atoms with Gasteiger partial charge >= 0.3 is 0 Å². The van der Waals surface area contributed by atoms with E-state index in [1.54, 1.807) is 7.11 Å². The van der Waals surface area contributed by atoms with Gasteiger partial charge in [-0.3, -0.25) is 4.90 Å². The standard InChI is InChI=1S/C15H25N3O/c1-13(7-12-19-2)17-8-10-18(11-9-17)15-6-4-3-5-14(15)16/h3-6,13H,7-12,16H2,1-2H3. The molecule has 1 aromatic carbocycles. The highest BCUT2D eigenvalue weighted by atomic mass is 16.5. The van der Waals surface area contributed by atoms with Crippen molar-refractivity contribution in [3.8, 4) is 0 Å². The third-order valence-electron chi connectivity index (χ3n) is 3.95. The van der Waals surface area contributed by atoms with Crippen LogP contribution in [0.2, 0.25) is 0 Å². The first-order chi connectivity index (χ1) is 9.22. The number of hydrogen-bond acceptors (Lipinski definition) is 4. The molecule has 0 aromatic heterocycles. The van der Waals surface area contributed by atoms with E-state index in [9.17, 15) is 0 Å². The van der Waals surface area contributed by atoms with Crippen molar-refractivity contribution in [1.82, 2.24) is 4.90 Å². The molecule has 1 aliphatic heterocycles. The third kappa shape index (κ3) is 3.61.